The molecule has 3 rings (SSSR count). The number of thiazole rings is 1. The van der Waals surface area contributed by atoms with E-state index in [2.05, 4.69) is 16.8 Å². The lowest BCUT2D eigenvalue weighted by molar-refractivity contribution is -0.123. The number of nitrogens with zero attached hydrogens (tertiary/aromatic N) is 2. The number of hydrogen-bond acceptors (Lipinski definition) is 6. The quantitative estimate of drug-likeness (QED) is 0.445. The summed E-state index contributed by atoms with van der Waals surface area (Å²) in [5.74, 6) is 1.83. The van der Waals surface area contributed by atoms with Crippen LogP contribution in [0.3, 0.4) is 0 Å². The van der Waals surface area contributed by atoms with Crippen molar-refractivity contribution in [3.63, 3.8) is 0 Å². The van der Waals surface area contributed by atoms with Crippen molar-refractivity contribution >= 4 is 23.6 Å². The summed E-state index contributed by atoms with van der Waals surface area (Å²) in [7, 11) is 0. The standard InChI is InChI=1S/C22H34F2N2O2S.CH2O2/c1-2-3-4-18(27)13-17-7-5-16(6-8-17)9-11-26-12-10-20-19(14-26)25-22(29-20)28-15-21(23)24;2-1-3/h16-17,21H,2-15H2,1H3;1H,(H,2,3). The number of fused-ring (bicyclic) bond motifs is 1. The van der Waals surface area contributed by atoms with Gasteiger partial charge in [-0.05, 0) is 50.5 Å². The van der Waals surface area contributed by atoms with Crippen molar-refractivity contribution in [2.75, 3.05) is 19.7 Å². The summed E-state index contributed by atoms with van der Waals surface area (Å²) < 4.78 is 29.7. The maximum atomic E-state index is 12.3. The number of carbonyl (C=O) groups is 2. The Kier molecular flexibility index (Phi) is 12.1. The average molecular weight is 475 g/mol. The Morgan fingerprint density at radius 3 is 2.66 bits per heavy atom. The Bertz CT molecular complexity index is 694. The molecular formula is C23H36F2N2O4S. The Hall–Kier alpha value is -1.61. The van der Waals surface area contributed by atoms with E-state index in [1.165, 1.54) is 48.3 Å². The predicted molar refractivity (Wildman–Crippen MR) is 121 cm³/mol. The van der Waals surface area contributed by atoms with Crippen molar-refractivity contribution in [3.05, 3.63) is 10.6 Å². The molecule has 1 aliphatic carbocycles. The van der Waals surface area contributed by atoms with Crippen LogP contribution in [0.2, 0.25) is 0 Å². The van der Waals surface area contributed by atoms with Gasteiger partial charge in [-0.15, -0.1) is 0 Å². The van der Waals surface area contributed by atoms with Gasteiger partial charge in [0.2, 0.25) is 0 Å². The van der Waals surface area contributed by atoms with Gasteiger partial charge in [-0.1, -0.05) is 37.5 Å². The molecule has 0 aromatic carbocycles. The molecule has 0 bridgehead atoms. The largest absolute Gasteiger partial charge is 0.483 e. The van der Waals surface area contributed by atoms with E-state index in [9.17, 15) is 13.6 Å². The molecule has 1 aliphatic heterocycles. The average Bonchev–Trinajstić information content (AvgIpc) is 3.18. The molecule has 2 aliphatic rings. The molecule has 0 amide bonds. The van der Waals surface area contributed by atoms with Crippen molar-refractivity contribution in [1.82, 2.24) is 9.88 Å². The summed E-state index contributed by atoms with van der Waals surface area (Å²) in [6.07, 6.45) is 8.24. The van der Waals surface area contributed by atoms with Crippen LogP contribution in [0.5, 0.6) is 5.19 Å². The van der Waals surface area contributed by atoms with Crippen LogP contribution < -0.4 is 4.74 Å². The van der Waals surface area contributed by atoms with Gasteiger partial charge in [-0.2, -0.15) is 0 Å². The molecule has 6 nitrogen and oxygen atoms in total. The molecule has 0 saturated heterocycles. The Labute approximate surface area is 193 Å². The van der Waals surface area contributed by atoms with Gasteiger partial charge < -0.3 is 9.84 Å². The van der Waals surface area contributed by atoms with E-state index in [1.807, 2.05) is 0 Å². The minimum atomic E-state index is -2.46. The van der Waals surface area contributed by atoms with Crippen LogP contribution in [0.25, 0.3) is 0 Å². The number of ether oxygens (including phenoxy) is 1. The van der Waals surface area contributed by atoms with E-state index >= 15 is 0 Å². The molecule has 0 radical (unpaired) electrons. The van der Waals surface area contributed by atoms with Crippen LogP contribution in [0, 0.1) is 11.8 Å². The minimum Gasteiger partial charge on any atom is -0.483 e. The van der Waals surface area contributed by atoms with E-state index < -0.39 is 13.0 Å². The Balaban J connectivity index is 0.00000114. The van der Waals surface area contributed by atoms with Crippen LogP contribution in [0.15, 0.2) is 0 Å². The third-order valence-corrected chi connectivity index (χ3v) is 7.34. The number of carboxylic acid groups (broad SMARTS) is 1. The molecule has 9 heteroatoms. The number of hydrogen-bond donors (Lipinski definition) is 1. The Morgan fingerprint density at radius 1 is 1.31 bits per heavy atom. The lowest BCUT2D eigenvalue weighted by Crippen LogP contribution is -2.32. The number of carbonyl (C=O) groups excluding carboxylic acids is 1. The molecule has 32 heavy (non-hydrogen) atoms. The van der Waals surface area contributed by atoms with Crippen LogP contribution in [0.4, 0.5) is 8.78 Å². The van der Waals surface area contributed by atoms with Crippen molar-refractivity contribution in [2.45, 2.75) is 84.1 Å². The SMILES string of the molecule is CCCCC(=O)CC1CCC(CCN2CCc3sc(OCC(F)F)nc3C2)CC1.O=CO. The highest BCUT2D eigenvalue weighted by atomic mass is 32.1. The first kappa shape index (κ1) is 26.6. The molecule has 1 aromatic rings. The second-order valence-corrected chi connectivity index (χ2v) is 9.75. The number of rotatable bonds is 11. The number of unbranched alkanes of at least 4 members (excludes halogenated alkanes) is 1. The van der Waals surface area contributed by atoms with Crippen LogP contribution in [-0.4, -0.2) is 53.4 Å². The number of aromatic nitrogens is 1. The van der Waals surface area contributed by atoms with Gasteiger partial charge in [-0.25, -0.2) is 13.8 Å². The fourth-order valence-corrected chi connectivity index (χ4v) is 5.42. The fourth-order valence-electron chi connectivity index (χ4n) is 4.50. The zero-order chi connectivity index (χ0) is 23.3. The summed E-state index contributed by atoms with van der Waals surface area (Å²) in [4.78, 5) is 28.4. The highest BCUT2D eigenvalue weighted by molar-refractivity contribution is 7.13. The van der Waals surface area contributed by atoms with Crippen molar-refractivity contribution in [1.29, 1.82) is 0 Å². The van der Waals surface area contributed by atoms with Gasteiger partial charge in [-0.3, -0.25) is 14.5 Å². The second-order valence-electron chi connectivity index (χ2n) is 8.71. The molecule has 1 N–H and O–H groups in total. The first-order chi connectivity index (χ1) is 15.4. The minimum absolute atomic E-state index is 0.250. The van der Waals surface area contributed by atoms with Gasteiger partial charge in [0.25, 0.3) is 18.1 Å². The number of ketones is 1. The highest BCUT2D eigenvalue weighted by Gasteiger charge is 2.25. The van der Waals surface area contributed by atoms with Crippen molar-refractivity contribution in [3.8, 4) is 5.19 Å². The molecule has 0 atom stereocenters. The lowest BCUT2D eigenvalue weighted by Gasteiger charge is -2.31. The molecular weight excluding hydrogens is 438 g/mol. The summed E-state index contributed by atoms with van der Waals surface area (Å²) in [5, 5.41) is 7.27. The van der Waals surface area contributed by atoms with E-state index in [0.29, 0.717) is 16.9 Å². The monoisotopic (exact) mass is 474 g/mol. The third-order valence-electron chi connectivity index (χ3n) is 6.27. The maximum absolute atomic E-state index is 12.3. The number of Topliss-reactive ketones (excluding diaryl/α,β-unsaturated/α-hetero) is 1. The molecule has 0 spiro atoms. The van der Waals surface area contributed by atoms with Gasteiger partial charge >= 0.3 is 0 Å². The second kappa shape index (κ2) is 14.5. The lowest BCUT2D eigenvalue weighted by atomic mass is 9.78. The van der Waals surface area contributed by atoms with E-state index in [4.69, 9.17) is 14.6 Å². The number of alkyl halides is 2. The van der Waals surface area contributed by atoms with Gasteiger partial charge in [0.05, 0.1) is 5.69 Å². The highest BCUT2D eigenvalue weighted by Crippen LogP contribution is 2.34. The molecule has 0 unspecified atom stereocenters. The van der Waals surface area contributed by atoms with E-state index in [0.717, 1.165) is 63.4 Å². The molecule has 2 heterocycles. The van der Waals surface area contributed by atoms with Gasteiger partial charge in [0.15, 0.2) is 6.61 Å². The van der Waals surface area contributed by atoms with Crippen LogP contribution >= 0.6 is 11.3 Å². The maximum Gasteiger partial charge on any atom is 0.290 e. The van der Waals surface area contributed by atoms with E-state index in [-0.39, 0.29) is 6.47 Å². The van der Waals surface area contributed by atoms with Crippen molar-refractivity contribution in [2.24, 2.45) is 11.8 Å². The third kappa shape index (κ3) is 9.48. The first-order valence-electron chi connectivity index (χ1n) is 11.7. The number of halogens is 2. The topological polar surface area (TPSA) is 79.7 Å². The first-order valence-corrected chi connectivity index (χ1v) is 12.5. The zero-order valence-corrected chi connectivity index (χ0v) is 19.8. The normalized spacial score (nSPS) is 20.9. The van der Waals surface area contributed by atoms with Crippen LogP contribution in [0.1, 0.15) is 75.3 Å². The summed E-state index contributed by atoms with van der Waals surface area (Å²) in [6, 6.07) is 0. The predicted octanol–water partition coefficient (Wildman–Crippen LogP) is 5.19. The molecule has 1 fully saturated rings. The molecule has 182 valence electrons. The van der Waals surface area contributed by atoms with Gasteiger partial charge in [0.1, 0.15) is 5.78 Å². The molecule has 1 saturated carbocycles. The van der Waals surface area contributed by atoms with Gasteiger partial charge in [0, 0.05) is 30.8 Å². The van der Waals surface area contributed by atoms with E-state index in [1.54, 1.807) is 0 Å². The zero-order valence-electron chi connectivity index (χ0n) is 18.9. The van der Waals surface area contributed by atoms with Crippen LogP contribution in [-0.2, 0) is 22.6 Å². The summed E-state index contributed by atoms with van der Waals surface area (Å²) in [6.45, 7) is 4.17. The summed E-state index contributed by atoms with van der Waals surface area (Å²) >= 11 is 1.41. The summed E-state index contributed by atoms with van der Waals surface area (Å²) in [5.41, 5.74) is 1.000. The Morgan fingerprint density at radius 2 is 2.00 bits per heavy atom. The molecule has 1 aromatic heterocycles. The van der Waals surface area contributed by atoms with Crippen molar-refractivity contribution < 1.29 is 28.2 Å². The smallest absolute Gasteiger partial charge is 0.290 e. The fraction of sp³-hybridized carbons (Fsp3) is 0.783.